The van der Waals surface area contributed by atoms with Crippen molar-refractivity contribution in [2.24, 2.45) is 11.7 Å². The first-order chi connectivity index (χ1) is 10.0. The van der Waals surface area contributed by atoms with Gasteiger partial charge in [-0.1, -0.05) is 23.7 Å². The summed E-state index contributed by atoms with van der Waals surface area (Å²) < 4.78 is 0. The molecule has 0 saturated carbocycles. The largest absolute Gasteiger partial charge is 0.355 e. The molecule has 21 heavy (non-hydrogen) atoms. The smallest absolute Gasteiger partial charge is 0.216 e. The molecule has 1 aromatic carbocycles. The van der Waals surface area contributed by atoms with Crippen molar-refractivity contribution < 1.29 is 4.79 Å². The van der Waals surface area contributed by atoms with E-state index in [-0.39, 0.29) is 11.9 Å². The lowest BCUT2D eigenvalue weighted by Crippen LogP contribution is -2.49. The lowest BCUT2D eigenvalue weighted by Gasteiger charge is -2.36. The zero-order chi connectivity index (χ0) is 15.2. The number of rotatable bonds is 5. The lowest BCUT2D eigenvalue weighted by atomic mass is 9.89. The van der Waals surface area contributed by atoms with Gasteiger partial charge in [0.2, 0.25) is 5.91 Å². The fourth-order valence-electron chi connectivity index (χ4n) is 3.02. The number of carbonyl (C=O) groups is 1. The standard InChI is InChI=1S/C16H24ClN3O/c1-12(21)19-6-7-20-10-14(9-16(18)11-20)8-13-2-4-15(17)5-3-13/h2-5,14,16H,6-11,18H2,1H3,(H,19,21). The minimum absolute atomic E-state index is 0.0222. The van der Waals surface area contributed by atoms with Crippen LogP contribution in [0.5, 0.6) is 0 Å². The molecule has 1 amide bonds. The van der Waals surface area contributed by atoms with Crippen LogP contribution in [0, 0.1) is 5.92 Å². The molecule has 0 aliphatic carbocycles. The van der Waals surface area contributed by atoms with Gasteiger partial charge >= 0.3 is 0 Å². The molecule has 2 unspecified atom stereocenters. The van der Waals surface area contributed by atoms with Gasteiger partial charge in [0.05, 0.1) is 0 Å². The Hall–Kier alpha value is -1.10. The van der Waals surface area contributed by atoms with E-state index in [0.29, 0.717) is 12.5 Å². The van der Waals surface area contributed by atoms with Gasteiger partial charge in [-0.2, -0.15) is 0 Å². The molecule has 0 bridgehead atoms. The summed E-state index contributed by atoms with van der Waals surface area (Å²) in [6.07, 6.45) is 2.08. The molecule has 5 heteroatoms. The molecular formula is C16H24ClN3O. The van der Waals surface area contributed by atoms with E-state index in [1.54, 1.807) is 6.92 Å². The number of halogens is 1. The number of carbonyl (C=O) groups excluding carboxylic acids is 1. The second kappa shape index (κ2) is 7.78. The molecular weight excluding hydrogens is 286 g/mol. The van der Waals surface area contributed by atoms with E-state index in [1.807, 2.05) is 12.1 Å². The first kappa shape index (κ1) is 16.3. The van der Waals surface area contributed by atoms with Crippen LogP contribution in [0.4, 0.5) is 0 Å². The molecule has 1 aromatic rings. The van der Waals surface area contributed by atoms with Crippen LogP contribution in [-0.4, -0.2) is 43.0 Å². The minimum Gasteiger partial charge on any atom is -0.355 e. The molecule has 3 N–H and O–H groups in total. The molecule has 116 valence electrons. The molecule has 1 aliphatic heterocycles. The number of hydrogen-bond acceptors (Lipinski definition) is 3. The van der Waals surface area contributed by atoms with Gasteiger partial charge in [0.1, 0.15) is 0 Å². The Morgan fingerprint density at radius 3 is 2.76 bits per heavy atom. The fraction of sp³-hybridized carbons (Fsp3) is 0.562. The first-order valence-electron chi connectivity index (χ1n) is 7.49. The average molecular weight is 310 g/mol. The van der Waals surface area contributed by atoms with Crippen LogP contribution in [0.2, 0.25) is 5.02 Å². The lowest BCUT2D eigenvalue weighted by molar-refractivity contribution is -0.119. The maximum absolute atomic E-state index is 10.9. The van der Waals surface area contributed by atoms with Crippen molar-refractivity contribution in [3.63, 3.8) is 0 Å². The summed E-state index contributed by atoms with van der Waals surface area (Å²) in [6.45, 7) is 5.05. The third-order valence-electron chi connectivity index (χ3n) is 3.88. The van der Waals surface area contributed by atoms with Crippen LogP contribution in [-0.2, 0) is 11.2 Å². The zero-order valence-corrected chi connectivity index (χ0v) is 13.3. The maximum atomic E-state index is 10.9. The van der Waals surface area contributed by atoms with E-state index in [4.69, 9.17) is 17.3 Å². The van der Waals surface area contributed by atoms with Crippen molar-refractivity contribution in [3.8, 4) is 0 Å². The number of hydrogen-bond donors (Lipinski definition) is 2. The highest BCUT2D eigenvalue weighted by molar-refractivity contribution is 6.30. The van der Waals surface area contributed by atoms with Crippen LogP contribution >= 0.6 is 11.6 Å². The molecule has 1 fully saturated rings. The van der Waals surface area contributed by atoms with Gasteiger partial charge in [-0.05, 0) is 36.5 Å². The Labute approximate surface area is 131 Å². The van der Waals surface area contributed by atoms with E-state index in [1.165, 1.54) is 5.56 Å². The summed E-state index contributed by atoms with van der Waals surface area (Å²) in [7, 11) is 0. The van der Waals surface area contributed by atoms with E-state index in [9.17, 15) is 4.79 Å². The summed E-state index contributed by atoms with van der Waals surface area (Å²) in [5.41, 5.74) is 7.48. The van der Waals surface area contributed by atoms with Gasteiger partial charge in [-0.25, -0.2) is 0 Å². The predicted molar refractivity (Wildman–Crippen MR) is 86.4 cm³/mol. The Morgan fingerprint density at radius 2 is 2.10 bits per heavy atom. The van der Waals surface area contributed by atoms with Gasteiger partial charge < -0.3 is 11.1 Å². The number of nitrogens with zero attached hydrogens (tertiary/aromatic N) is 1. The third kappa shape index (κ3) is 5.65. The van der Waals surface area contributed by atoms with Gasteiger partial charge in [0, 0.05) is 44.2 Å². The minimum atomic E-state index is 0.0222. The molecule has 1 aliphatic rings. The summed E-state index contributed by atoms with van der Waals surface area (Å²) in [5.74, 6) is 0.585. The Morgan fingerprint density at radius 1 is 1.38 bits per heavy atom. The zero-order valence-electron chi connectivity index (χ0n) is 12.5. The fourth-order valence-corrected chi connectivity index (χ4v) is 3.15. The first-order valence-corrected chi connectivity index (χ1v) is 7.87. The predicted octanol–water partition coefficient (Wildman–Crippen LogP) is 1.67. The molecule has 2 rings (SSSR count). The van der Waals surface area contributed by atoms with Crippen LogP contribution < -0.4 is 11.1 Å². The number of likely N-dealkylation sites (tertiary alicyclic amines) is 1. The Balaban J connectivity index is 1.85. The molecule has 0 aromatic heterocycles. The summed E-state index contributed by atoms with van der Waals surface area (Å²) in [5, 5.41) is 3.62. The van der Waals surface area contributed by atoms with Crippen LogP contribution in [0.15, 0.2) is 24.3 Å². The topological polar surface area (TPSA) is 58.4 Å². The van der Waals surface area contributed by atoms with Crippen LogP contribution in [0.3, 0.4) is 0 Å². The molecule has 1 saturated heterocycles. The highest BCUT2D eigenvalue weighted by atomic mass is 35.5. The Kier molecular flexibility index (Phi) is 6.03. The highest BCUT2D eigenvalue weighted by Crippen LogP contribution is 2.21. The Bertz CT molecular complexity index is 463. The number of nitrogens with two attached hydrogens (primary N) is 1. The van der Waals surface area contributed by atoms with Gasteiger partial charge in [0.25, 0.3) is 0 Å². The number of nitrogens with one attached hydrogen (secondary N) is 1. The number of benzene rings is 1. The van der Waals surface area contributed by atoms with Crippen molar-refractivity contribution in [3.05, 3.63) is 34.9 Å². The van der Waals surface area contributed by atoms with E-state index in [2.05, 4.69) is 22.3 Å². The quantitative estimate of drug-likeness (QED) is 0.870. The molecule has 0 spiro atoms. The number of piperidine rings is 1. The van der Waals surface area contributed by atoms with Gasteiger partial charge in [-0.3, -0.25) is 9.69 Å². The van der Waals surface area contributed by atoms with Crippen LogP contribution in [0.1, 0.15) is 18.9 Å². The average Bonchev–Trinajstić information content (AvgIpc) is 2.40. The van der Waals surface area contributed by atoms with Gasteiger partial charge in [0.15, 0.2) is 0 Å². The van der Waals surface area contributed by atoms with Crippen molar-refractivity contribution in [1.29, 1.82) is 0 Å². The van der Waals surface area contributed by atoms with Crippen molar-refractivity contribution in [2.75, 3.05) is 26.2 Å². The van der Waals surface area contributed by atoms with E-state index < -0.39 is 0 Å². The summed E-state index contributed by atoms with van der Waals surface area (Å²) >= 11 is 5.92. The van der Waals surface area contributed by atoms with E-state index >= 15 is 0 Å². The molecule has 2 atom stereocenters. The second-order valence-corrected chi connectivity index (χ2v) is 6.37. The molecule has 0 radical (unpaired) electrons. The number of amides is 1. The summed E-state index contributed by atoms with van der Waals surface area (Å²) in [4.78, 5) is 13.3. The third-order valence-corrected chi connectivity index (χ3v) is 4.14. The van der Waals surface area contributed by atoms with Crippen molar-refractivity contribution in [1.82, 2.24) is 10.2 Å². The second-order valence-electron chi connectivity index (χ2n) is 5.93. The highest BCUT2D eigenvalue weighted by Gasteiger charge is 2.24. The van der Waals surface area contributed by atoms with E-state index in [0.717, 1.165) is 37.5 Å². The van der Waals surface area contributed by atoms with Gasteiger partial charge in [-0.15, -0.1) is 0 Å². The van der Waals surface area contributed by atoms with Crippen molar-refractivity contribution >= 4 is 17.5 Å². The monoisotopic (exact) mass is 309 g/mol. The molecule has 1 heterocycles. The maximum Gasteiger partial charge on any atom is 0.216 e. The van der Waals surface area contributed by atoms with Crippen LogP contribution in [0.25, 0.3) is 0 Å². The normalized spacial score (nSPS) is 23.0. The summed E-state index contributed by atoms with van der Waals surface area (Å²) in [6, 6.07) is 8.27. The molecule has 4 nitrogen and oxygen atoms in total. The van der Waals surface area contributed by atoms with Crippen molar-refractivity contribution in [2.45, 2.75) is 25.8 Å². The SMILES string of the molecule is CC(=O)NCCN1CC(N)CC(Cc2ccc(Cl)cc2)C1.